The van der Waals surface area contributed by atoms with Crippen LogP contribution in [0.4, 0.5) is 0 Å². The lowest BCUT2D eigenvalue weighted by atomic mass is 10.2. The third-order valence-corrected chi connectivity index (χ3v) is 2.59. The summed E-state index contributed by atoms with van der Waals surface area (Å²) in [6, 6.07) is 7.74. The van der Waals surface area contributed by atoms with Gasteiger partial charge in [-0.1, -0.05) is 12.1 Å². The van der Waals surface area contributed by atoms with Crippen molar-refractivity contribution < 1.29 is 9.94 Å². The number of benzene rings is 1. The number of aromatic nitrogens is 1. The number of oxime groups is 1. The lowest BCUT2D eigenvalue weighted by molar-refractivity contribution is 0.318. The maximum absolute atomic E-state index is 8.85. The summed E-state index contributed by atoms with van der Waals surface area (Å²) in [5.41, 5.74) is 2.49. The number of ether oxygens (including phenoxy) is 1. The van der Waals surface area contributed by atoms with Crippen molar-refractivity contribution in [3.63, 3.8) is 0 Å². The van der Waals surface area contributed by atoms with E-state index >= 15 is 0 Å². The van der Waals surface area contributed by atoms with E-state index in [0.29, 0.717) is 12.1 Å². The van der Waals surface area contributed by atoms with Crippen LogP contribution in [0.2, 0.25) is 0 Å². The predicted octanol–water partition coefficient (Wildman–Crippen LogP) is 2.76. The molecule has 0 bridgehead atoms. The summed E-state index contributed by atoms with van der Waals surface area (Å²) in [7, 11) is 1.64. The van der Waals surface area contributed by atoms with Gasteiger partial charge in [0.15, 0.2) is 0 Å². The topological polar surface area (TPSA) is 57.6 Å². The molecular weight excluding hydrogens is 204 g/mol. The Hall–Kier alpha value is -1.97. The molecule has 0 spiro atoms. The predicted molar refractivity (Wildman–Crippen MR) is 63.5 cm³/mol. The lowest BCUT2D eigenvalue weighted by Gasteiger charge is -1.97. The second-order valence-corrected chi connectivity index (χ2v) is 3.54. The highest BCUT2D eigenvalue weighted by molar-refractivity contribution is 6.02. The molecule has 84 valence electrons. The Morgan fingerprint density at radius 1 is 1.44 bits per heavy atom. The van der Waals surface area contributed by atoms with Crippen molar-refractivity contribution in [3.8, 4) is 5.75 Å². The Labute approximate surface area is 93.5 Å². The number of nitrogens with zero attached hydrogens (tertiary/aromatic N) is 1. The van der Waals surface area contributed by atoms with Gasteiger partial charge in [0.25, 0.3) is 0 Å². The number of aromatic amines is 1. The number of hydrogen-bond acceptors (Lipinski definition) is 3. The van der Waals surface area contributed by atoms with Gasteiger partial charge in [-0.05, 0) is 30.7 Å². The third kappa shape index (κ3) is 1.74. The van der Waals surface area contributed by atoms with Crippen molar-refractivity contribution in [1.29, 1.82) is 0 Å². The number of nitrogens with one attached hydrogen (secondary N) is 1. The van der Waals surface area contributed by atoms with Crippen LogP contribution in [0.3, 0.4) is 0 Å². The highest BCUT2D eigenvalue weighted by atomic mass is 16.5. The van der Waals surface area contributed by atoms with Crippen molar-refractivity contribution in [1.82, 2.24) is 4.98 Å². The molecule has 0 fully saturated rings. The number of methoxy groups -OCH3 is 1. The van der Waals surface area contributed by atoms with Crippen LogP contribution in [0.15, 0.2) is 29.4 Å². The molecule has 0 saturated carbocycles. The number of hydrogen-bond donors (Lipinski definition) is 2. The lowest BCUT2D eigenvalue weighted by Crippen LogP contribution is -1.98. The zero-order valence-electron chi connectivity index (χ0n) is 9.32. The monoisotopic (exact) mass is 218 g/mol. The van der Waals surface area contributed by atoms with Gasteiger partial charge in [0, 0.05) is 10.9 Å². The Bertz CT molecular complexity index is 529. The van der Waals surface area contributed by atoms with E-state index in [9.17, 15) is 0 Å². The molecule has 4 heteroatoms. The van der Waals surface area contributed by atoms with Crippen molar-refractivity contribution in [2.24, 2.45) is 5.16 Å². The van der Waals surface area contributed by atoms with Crippen LogP contribution in [0.25, 0.3) is 10.9 Å². The summed E-state index contributed by atoms with van der Waals surface area (Å²) < 4.78 is 5.15. The fourth-order valence-electron chi connectivity index (χ4n) is 1.71. The molecule has 1 heterocycles. The summed E-state index contributed by atoms with van der Waals surface area (Å²) in [6.45, 7) is 1.95. The molecule has 1 aromatic carbocycles. The third-order valence-electron chi connectivity index (χ3n) is 2.59. The van der Waals surface area contributed by atoms with E-state index in [1.54, 1.807) is 7.11 Å². The molecule has 2 aromatic rings. The minimum atomic E-state index is 0.648. The summed E-state index contributed by atoms with van der Waals surface area (Å²) in [5.74, 6) is 0.817. The van der Waals surface area contributed by atoms with Gasteiger partial charge < -0.3 is 14.9 Å². The second-order valence-electron chi connectivity index (χ2n) is 3.54. The largest absolute Gasteiger partial charge is 0.497 e. The first-order chi connectivity index (χ1) is 7.78. The molecular formula is C12H14N2O2. The average Bonchev–Trinajstić information content (AvgIpc) is 2.72. The van der Waals surface area contributed by atoms with Crippen LogP contribution < -0.4 is 4.74 Å². The highest BCUT2D eigenvalue weighted by Crippen LogP contribution is 2.22. The van der Waals surface area contributed by atoms with E-state index in [0.717, 1.165) is 22.3 Å². The molecule has 16 heavy (non-hydrogen) atoms. The molecule has 0 unspecified atom stereocenters. The molecule has 2 rings (SSSR count). The molecule has 0 saturated heterocycles. The summed E-state index contributed by atoms with van der Waals surface area (Å²) in [6.07, 6.45) is 0.681. The van der Waals surface area contributed by atoms with Gasteiger partial charge in [-0.2, -0.15) is 0 Å². The van der Waals surface area contributed by atoms with Gasteiger partial charge in [0.1, 0.15) is 11.5 Å². The van der Waals surface area contributed by atoms with E-state index in [2.05, 4.69) is 10.1 Å². The van der Waals surface area contributed by atoms with Crippen LogP contribution in [0.1, 0.15) is 19.0 Å². The Morgan fingerprint density at radius 3 is 2.88 bits per heavy atom. The fraction of sp³-hybridized carbons (Fsp3) is 0.250. The quantitative estimate of drug-likeness (QED) is 0.473. The van der Waals surface area contributed by atoms with Gasteiger partial charge in [-0.15, -0.1) is 0 Å². The Kier molecular flexibility index (Phi) is 2.81. The normalized spacial score (nSPS) is 12.0. The molecule has 0 aliphatic carbocycles. The smallest absolute Gasteiger partial charge is 0.119 e. The van der Waals surface area contributed by atoms with Crippen molar-refractivity contribution in [2.75, 3.05) is 7.11 Å². The van der Waals surface area contributed by atoms with Gasteiger partial charge in [-0.3, -0.25) is 0 Å². The first-order valence-corrected chi connectivity index (χ1v) is 5.16. The van der Waals surface area contributed by atoms with E-state index in [1.807, 2.05) is 31.2 Å². The van der Waals surface area contributed by atoms with Crippen LogP contribution in [0.5, 0.6) is 5.75 Å². The van der Waals surface area contributed by atoms with Crippen molar-refractivity contribution in [2.45, 2.75) is 13.3 Å². The zero-order valence-corrected chi connectivity index (χ0v) is 9.32. The molecule has 0 atom stereocenters. The van der Waals surface area contributed by atoms with Crippen molar-refractivity contribution in [3.05, 3.63) is 30.0 Å². The minimum Gasteiger partial charge on any atom is -0.497 e. The molecule has 2 N–H and O–H groups in total. The number of fused-ring (bicyclic) bond motifs is 1. The number of H-pyrrole nitrogens is 1. The highest BCUT2D eigenvalue weighted by Gasteiger charge is 2.06. The van der Waals surface area contributed by atoms with Crippen molar-refractivity contribution >= 4 is 16.6 Å². The SMILES string of the molecule is CCC(=NO)c1cc2cc(OC)ccc2[nH]1. The summed E-state index contributed by atoms with van der Waals surface area (Å²) in [5, 5.41) is 13.2. The second kappa shape index (κ2) is 4.26. The van der Waals surface area contributed by atoms with E-state index < -0.39 is 0 Å². The summed E-state index contributed by atoms with van der Waals surface area (Å²) in [4.78, 5) is 3.20. The Morgan fingerprint density at radius 2 is 2.25 bits per heavy atom. The molecule has 4 nitrogen and oxygen atoms in total. The minimum absolute atomic E-state index is 0.648. The summed E-state index contributed by atoms with van der Waals surface area (Å²) >= 11 is 0. The molecule has 0 radical (unpaired) electrons. The standard InChI is InChI=1S/C12H14N2O2/c1-3-10(14-15)12-7-8-6-9(16-2)4-5-11(8)13-12/h4-7,13,15H,3H2,1-2H3. The van der Waals surface area contributed by atoms with Gasteiger partial charge in [0.05, 0.1) is 12.8 Å². The van der Waals surface area contributed by atoms with E-state index in [4.69, 9.17) is 9.94 Å². The average molecular weight is 218 g/mol. The maximum Gasteiger partial charge on any atom is 0.119 e. The van der Waals surface area contributed by atoms with E-state index in [-0.39, 0.29) is 0 Å². The molecule has 0 aliphatic rings. The van der Waals surface area contributed by atoms with Crippen LogP contribution in [-0.2, 0) is 0 Å². The first kappa shape index (κ1) is 10.5. The van der Waals surface area contributed by atoms with Crippen LogP contribution in [-0.4, -0.2) is 23.0 Å². The van der Waals surface area contributed by atoms with Crippen LogP contribution >= 0.6 is 0 Å². The Balaban J connectivity index is 2.51. The zero-order chi connectivity index (χ0) is 11.5. The molecule has 1 aromatic heterocycles. The number of rotatable bonds is 3. The molecule has 0 amide bonds. The first-order valence-electron chi connectivity index (χ1n) is 5.16. The fourth-order valence-corrected chi connectivity index (χ4v) is 1.71. The van der Waals surface area contributed by atoms with Gasteiger partial charge in [0.2, 0.25) is 0 Å². The maximum atomic E-state index is 8.85. The van der Waals surface area contributed by atoms with Gasteiger partial charge in [-0.25, -0.2) is 0 Å². The van der Waals surface area contributed by atoms with Crippen LogP contribution in [0, 0.1) is 0 Å². The van der Waals surface area contributed by atoms with Gasteiger partial charge >= 0.3 is 0 Å². The molecule has 0 aliphatic heterocycles. The van der Waals surface area contributed by atoms with E-state index in [1.165, 1.54) is 0 Å².